The summed E-state index contributed by atoms with van der Waals surface area (Å²) in [5, 5.41) is 4.57. The van der Waals surface area contributed by atoms with Crippen molar-refractivity contribution < 1.29 is 14.4 Å². The smallest absolute Gasteiger partial charge is 0.278 e. The fourth-order valence-electron chi connectivity index (χ4n) is 2.85. The van der Waals surface area contributed by atoms with Crippen LogP contribution in [0.2, 0.25) is 10.0 Å². The number of pyridine rings is 1. The van der Waals surface area contributed by atoms with E-state index in [1.807, 2.05) is 0 Å². The molecular weight excluding hydrogens is 353 g/mol. The summed E-state index contributed by atoms with van der Waals surface area (Å²) in [5.41, 5.74) is 1.34. The lowest BCUT2D eigenvalue weighted by molar-refractivity contribution is -0.126. The van der Waals surface area contributed by atoms with Crippen LogP contribution in [0.25, 0.3) is 0 Å². The van der Waals surface area contributed by atoms with E-state index in [1.165, 1.54) is 18.2 Å². The summed E-state index contributed by atoms with van der Waals surface area (Å²) in [6.45, 7) is 0. The van der Waals surface area contributed by atoms with E-state index in [-0.39, 0.29) is 0 Å². The number of anilines is 1. The van der Waals surface area contributed by atoms with Crippen molar-refractivity contribution in [2.24, 2.45) is 11.1 Å². The number of aromatic nitrogens is 1. The largest absolute Gasteiger partial charge is 0.381 e. The fourth-order valence-corrected chi connectivity index (χ4v) is 3.37. The van der Waals surface area contributed by atoms with Crippen molar-refractivity contribution in [1.82, 2.24) is 4.98 Å². The third-order valence-electron chi connectivity index (χ3n) is 3.87. The third-order valence-corrected chi connectivity index (χ3v) is 4.31. The Balaban J connectivity index is 1.73. The molecule has 6 nitrogen and oxygen atoms in total. The molecule has 2 aliphatic heterocycles. The lowest BCUT2D eigenvalue weighted by Crippen LogP contribution is -2.33. The first-order chi connectivity index (χ1) is 11.6. The second-order valence-electron chi connectivity index (χ2n) is 5.36. The average Bonchev–Trinajstić information content (AvgIpc) is 3.08. The highest BCUT2D eigenvalue weighted by Gasteiger charge is 2.56. The number of fused-ring (bicyclic) bond motifs is 1. The maximum Gasteiger partial charge on any atom is 0.278 e. The average molecular weight is 362 g/mol. The van der Waals surface area contributed by atoms with Crippen molar-refractivity contribution in [2.45, 2.75) is 6.10 Å². The van der Waals surface area contributed by atoms with Crippen LogP contribution in [-0.2, 0) is 14.4 Å². The summed E-state index contributed by atoms with van der Waals surface area (Å²) in [6.07, 6.45) is 2.20. The van der Waals surface area contributed by atoms with Gasteiger partial charge in [-0.3, -0.25) is 14.6 Å². The van der Waals surface area contributed by atoms with Crippen LogP contribution in [0.3, 0.4) is 0 Å². The molecular formula is C16H9Cl2N3O3. The minimum Gasteiger partial charge on any atom is -0.381 e. The first-order valence-electron chi connectivity index (χ1n) is 7.04. The van der Waals surface area contributed by atoms with Crippen molar-refractivity contribution in [3.8, 4) is 0 Å². The van der Waals surface area contributed by atoms with Gasteiger partial charge in [0.25, 0.3) is 5.91 Å². The Labute approximate surface area is 146 Å². The van der Waals surface area contributed by atoms with E-state index in [4.69, 9.17) is 28.0 Å². The molecule has 120 valence electrons. The number of oxime groups is 1. The van der Waals surface area contributed by atoms with Gasteiger partial charge in [0.05, 0.1) is 5.69 Å². The van der Waals surface area contributed by atoms with E-state index in [9.17, 15) is 9.59 Å². The molecule has 0 saturated carbocycles. The van der Waals surface area contributed by atoms with Gasteiger partial charge in [-0.2, -0.15) is 0 Å². The van der Waals surface area contributed by atoms with Gasteiger partial charge in [0.2, 0.25) is 12.0 Å². The lowest BCUT2D eigenvalue weighted by atomic mass is 9.95. The van der Waals surface area contributed by atoms with Crippen LogP contribution < -0.4 is 4.90 Å². The van der Waals surface area contributed by atoms with Crippen molar-refractivity contribution in [1.29, 1.82) is 0 Å². The number of imide groups is 1. The Bertz CT molecular complexity index is 865. The zero-order valence-electron chi connectivity index (χ0n) is 12.0. The summed E-state index contributed by atoms with van der Waals surface area (Å²) < 4.78 is 0. The predicted octanol–water partition coefficient (Wildman–Crippen LogP) is 2.68. The van der Waals surface area contributed by atoms with Crippen LogP contribution in [0.1, 0.15) is 5.56 Å². The molecule has 2 atom stereocenters. The molecule has 4 rings (SSSR count). The van der Waals surface area contributed by atoms with Crippen LogP contribution in [0.15, 0.2) is 47.9 Å². The van der Waals surface area contributed by atoms with Gasteiger partial charge in [0, 0.05) is 28.0 Å². The Morgan fingerprint density at radius 1 is 1.08 bits per heavy atom. The molecule has 0 bridgehead atoms. The van der Waals surface area contributed by atoms with E-state index in [2.05, 4.69) is 10.1 Å². The Morgan fingerprint density at radius 3 is 2.50 bits per heavy atom. The monoisotopic (exact) mass is 361 g/mol. The van der Waals surface area contributed by atoms with Crippen LogP contribution in [0, 0.1) is 5.92 Å². The quantitative estimate of drug-likeness (QED) is 0.770. The second kappa shape index (κ2) is 5.58. The molecule has 3 heterocycles. The van der Waals surface area contributed by atoms with E-state index in [1.54, 1.807) is 24.5 Å². The van der Waals surface area contributed by atoms with E-state index >= 15 is 0 Å². The van der Waals surface area contributed by atoms with Crippen molar-refractivity contribution >= 4 is 46.4 Å². The molecule has 1 fully saturated rings. The van der Waals surface area contributed by atoms with Crippen LogP contribution >= 0.6 is 23.2 Å². The number of carbonyl (C=O) groups is 2. The molecule has 0 spiro atoms. The maximum absolute atomic E-state index is 12.8. The van der Waals surface area contributed by atoms with Gasteiger partial charge in [-0.05, 0) is 30.3 Å². The number of carbonyl (C=O) groups excluding carboxylic acids is 2. The predicted molar refractivity (Wildman–Crippen MR) is 88.1 cm³/mol. The normalized spacial score (nSPS) is 22.4. The number of hydrogen-bond acceptors (Lipinski definition) is 5. The first kappa shape index (κ1) is 15.1. The number of benzene rings is 1. The topological polar surface area (TPSA) is 71.9 Å². The summed E-state index contributed by atoms with van der Waals surface area (Å²) in [7, 11) is 0. The van der Waals surface area contributed by atoms with Crippen LogP contribution in [0.4, 0.5) is 5.69 Å². The zero-order valence-corrected chi connectivity index (χ0v) is 13.5. The number of amides is 2. The molecule has 0 radical (unpaired) electrons. The molecule has 8 heteroatoms. The summed E-state index contributed by atoms with van der Waals surface area (Å²) >= 11 is 11.9. The minimum atomic E-state index is -0.981. The third kappa shape index (κ3) is 2.26. The Hall–Kier alpha value is -2.44. The highest BCUT2D eigenvalue weighted by atomic mass is 35.5. The molecule has 2 aromatic rings. The standard InChI is InChI=1S/C16H9Cl2N3O3/c17-9-4-10(18)6-11(5-9)21-15(22)12-13(8-2-1-3-19-7-8)20-24-14(12)16(21)23/h1-7,12,14H/t12-,14-/m0/s1. The minimum absolute atomic E-state index is 0.311. The zero-order chi connectivity index (χ0) is 16.8. The molecule has 24 heavy (non-hydrogen) atoms. The highest BCUT2D eigenvalue weighted by molar-refractivity contribution is 6.37. The molecule has 2 amide bonds. The summed E-state index contributed by atoms with van der Waals surface area (Å²) in [5.74, 6) is -1.73. The Morgan fingerprint density at radius 2 is 1.83 bits per heavy atom. The highest BCUT2D eigenvalue weighted by Crippen LogP contribution is 2.36. The number of hydrogen-bond donors (Lipinski definition) is 0. The molecule has 0 aliphatic carbocycles. The van der Waals surface area contributed by atoms with E-state index in [0.717, 1.165) is 4.90 Å². The maximum atomic E-state index is 12.8. The van der Waals surface area contributed by atoms with Gasteiger partial charge in [-0.25, -0.2) is 4.90 Å². The lowest BCUT2D eigenvalue weighted by Gasteiger charge is -2.16. The van der Waals surface area contributed by atoms with Gasteiger partial charge in [0.15, 0.2) is 0 Å². The number of nitrogens with zero attached hydrogens (tertiary/aromatic N) is 3. The number of halogens is 2. The fraction of sp³-hybridized carbons (Fsp3) is 0.125. The molecule has 1 saturated heterocycles. The van der Waals surface area contributed by atoms with E-state index in [0.29, 0.717) is 27.0 Å². The van der Waals surface area contributed by atoms with Gasteiger partial charge in [0.1, 0.15) is 11.6 Å². The molecule has 1 aromatic carbocycles. The van der Waals surface area contributed by atoms with Crippen LogP contribution in [0.5, 0.6) is 0 Å². The first-order valence-corrected chi connectivity index (χ1v) is 7.80. The van der Waals surface area contributed by atoms with Crippen molar-refractivity contribution in [2.75, 3.05) is 4.90 Å². The second-order valence-corrected chi connectivity index (χ2v) is 6.23. The Kier molecular flexibility index (Phi) is 3.51. The molecule has 2 aliphatic rings. The van der Waals surface area contributed by atoms with Crippen molar-refractivity contribution in [3.05, 3.63) is 58.3 Å². The van der Waals surface area contributed by atoms with Gasteiger partial charge in [-0.1, -0.05) is 28.4 Å². The number of rotatable bonds is 2. The summed E-state index contributed by atoms with van der Waals surface area (Å²) in [4.78, 5) is 35.7. The molecule has 0 N–H and O–H groups in total. The molecule has 1 aromatic heterocycles. The van der Waals surface area contributed by atoms with Gasteiger partial charge < -0.3 is 4.84 Å². The van der Waals surface area contributed by atoms with Crippen molar-refractivity contribution in [3.63, 3.8) is 0 Å². The van der Waals surface area contributed by atoms with Gasteiger partial charge in [-0.15, -0.1) is 0 Å². The van der Waals surface area contributed by atoms with E-state index < -0.39 is 23.8 Å². The van der Waals surface area contributed by atoms with Gasteiger partial charge >= 0.3 is 0 Å². The SMILES string of the molecule is O=C1[C@H]2C(c3cccnc3)=NO[C@@H]2C(=O)N1c1cc(Cl)cc(Cl)c1. The molecule has 0 unspecified atom stereocenters. The summed E-state index contributed by atoms with van der Waals surface area (Å²) in [6, 6.07) is 8.02. The van der Waals surface area contributed by atoms with Crippen LogP contribution in [-0.4, -0.2) is 28.6 Å².